The van der Waals surface area contributed by atoms with Crippen molar-refractivity contribution < 1.29 is 4.79 Å². The van der Waals surface area contributed by atoms with Crippen LogP contribution in [0.15, 0.2) is 42.9 Å². The van der Waals surface area contributed by atoms with Gasteiger partial charge in [-0.3, -0.25) is 14.9 Å². The molecular weight excluding hydrogens is 266 g/mol. The van der Waals surface area contributed by atoms with Crippen LogP contribution in [0.2, 0.25) is 0 Å². The first-order valence-corrected chi connectivity index (χ1v) is 6.92. The molecule has 1 saturated heterocycles. The summed E-state index contributed by atoms with van der Waals surface area (Å²) in [7, 11) is 0. The molecule has 0 spiro atoms. The highest BCUT2D eigenvalue weighted by atomic mass is 16.2. The quantitative estimate of drug-likeness (QED) is 0.902. The number of nitrogens with one attached hydrogen (secondary N) is 2. The van der Waals surface area contributed by atoms with Crippen LogP contribution < -0.4 is 15.5 Å². The number of nitrogens with zero attached hydrogens (tertiary/aromatic N) is 3. The maximum absolute atomic E-state index is 11.6. The van der Waals surface area contributed by atoms with Crippen molar-refractivity contribution in [2.75, 3.05) is 23.3 Å². The van der Waals surface area contributed by atoms with Crippen molar-refractivity contribution in [1.29, 1.82) is 0 Å². The average Bonchev–Trinajstić information content (AvgIpc) is 2.95. The van der Waals surface area contributed by atoms with Gasteiger partial charge in [-0.05, 0) is 31.2 Å². The predicted molar refractivity (Wildman–Crippen MR) is 81.3 cm³/mol. The molecule has 2 aromatic rings. The van der Waals surface area contributed by atoms with Crippen LogP contribution in [-0.4, -0.2) is 29.1 Å². The van der Waals surface area contributed by atoms with E-state index in [2.05, 4.69) is 20.6 Å². The maximum Gasteiger partial charge on any atom is 0.321 e. The zero-order valence-electron chi connectivity index (χ0n) is 11.8. The standard InChI is InChI=1S/C15H17N5O/c1-11(14-10-16-6-7-17-14)19-12-2-4-13(5-3-12)20-9-8-18-15(20)21/h2-7,10-11,19H,8-9H2,1H3,(H,18,21). The molecule has 0 radical (unpaired) electrons. The lowest BCUT2D eigenvalue weighted by Crippen LogP contribution is -2.27. The van der Waals surface area contributed by atoms with Crippen LogP contribution in [-0.2, 0) is 0 Å². The molecule has 1 unspecified atom stereocenters. The van der Waals surface area contributed by atoms with E-state index in [1.54, 1.807) is 23.5 Å². The van der Waals surface area contributed by atoms with Gasteiger partial charge in [0.25, 0.3) is 0 Å². The topological polar surface area (TPSA) is 70.2 Å². The largest absolute Gasteiger partial charge is 0.377 e. The Kier molecular flexibility index (Phi) is 3.68. The molecule has 1 aliphatic heterocycles. The van der Waals surface area contributed by atoms with Crippen molar-refractivity contribution in [2.24, 2.45) is 0 Å². The minimum Gasteiger partial charge on any atom is -0.377 e. The summed E-state index contributed by atoms with van der Waals surface area (Å²) in [5.41, 5.74) is 2.78. The van der Waals surface area contributed by atoms with Gasteiger partial charge in [0.05, 0.1) is 17.9 Å². The van der Waals surface area contributed by atoms with E-state index in [1.165, 1.54) is 0 Å². The van der Waals surface area contributed by atoms with E-state index >= 15 is 0 Å². The summed E-state index contributed by atoms with van der Waals surface area (Å²) in [6, 6.07) is 7.85. The third kappa shape index (κ3) is 2.94. The van der Waals surface area contributed by atoms with E-state index in [0.29, 0.717) is 13.1 Å². The summed E-state index contributed by atoms with van der Waals surface area (Å²) in [5, 5.41) is 6.16. The van der Waals surface area contributed by atoms with E-state index in [0.717, 1.165) is 17.1 Å². The van der Waals surface area contributed by atoms with E-state index < -0.39 is 0 Å². The number of hydrogen-bond acceptors (Lipinski definition) is 4. The second-order valence-electron chi connectivity index (χ2n) is 4.93. The molecule has 6 heteroatoms. The second-order valence-corrected chi connectivity index (χ2v) is 4.93. The van der Waals surface area contributed by atoms with Crippen LogP contribution in [0, 0.1) is 0 Å². The van der Waals surface area contributed by atoms with Gasteiger partial charge in [-0.25, -0.2) is 4.79 Å². The zero-order chi connectivity index (χ0) is 14.7. The fraction of sp³-hybridized carbons (Fsp3) is 0.267. The lowest BCUT2D eigenvalue weighted by Gasteiger charge is -2.17. The normalized spacial score (nSPS) is 15.7. The third-order valence-electron chi connectivity index (χ3n) is 3.45. The molecule has 108 valence electrons. The Labute approximate surface area is 123 Å². The number of hydrogen-bond donors (Lipinski definition) is 2. The molecule has 0 bridgehead atoms. The lowest BCUT2D eigenvalue weighted by atomic mass is 10.2. The number of anilines is 2. The minimum atomic E-state index is -0.0383. The van der Waals surface area contributed by atoms with Crippen LogP contribution in [0.25, 0.3) is 0 Å². The third-order valence-corrected chi connectivity index (χ3v) is 3.45. The van der Waals surface area contributed by atoms with E-state index in [4.69, 9.17) is 0 Å². The van der Waals surface area contributed by atoms with Crippen molar-refractivity contribution in [3.8, 4) is 0 Å². The molecule has 3 rings (SSSR count). The van der Waals surface area contributed by atoms with Crippen LogP contribution >= 0.6 is 0 Å². The number of amides is 2. The Morgan fingerprint density at radius 2 is 2.10 bits per heavy atom. The van der Waals surface area contributed by atoms with Gasteiger partial charge in [0.15, 0.2) is 0 Å². The summed E-state index contributed by atoms with van der Waals surface area (Å²) >= 11 is 0. The van der Waals surface area contributed by atoms with E-state index in [-0.39, 0.29) is 12.1 Å². The molecule has 6 nitrogen and oxygen atoms in total. The van der Waals surface area contributed by atoms with E-state index in [1.807, 2.05) is 31.2 Å². The van der Waals surface area contributed by atoms with Crippen molar-refractivity contribution in [1.82, 2.24) is 15.3 Å². The molecule has 1 aromatic heterocycles. The number of carbonyl (C=O) groups excluding carboxylic acids is 1. The highest BCUT2D eigenvalue weighted by molar-refractivity contribution is 5.94. The van der Waals surface area contributed by atoms with Crippen LogP contribution in [0.5, 0.6) is 0 Å². The first-order chi connectivity index (χ1) is 10.2. The summed E-state index contributed by atoms with van der Waals surface area (Å²) in [6.45, 7) is 3.44. The summed E-state index contributed by atoms with van der Waals surface area (Å²) < 4.78 is 0. The Hall–Kier alpha value is -2.63. The fourth-order valence-electron chi connectivity index (χ4n) is 2.31. The molecule has 1 atom stereocenters. The smallest absolute Gasteiger partial charge is 0.321 e. The van der Waals surface area contributed by atoms with Gasteiger partial charge < -0.3 is 10.6 Å². The maximum atomic E-state index is 11.6. The minimum absolute atomic E-state index is 0.0383. The zero-order valence-corrected chi connectivity index (χ0v) is 11.8. The van der Waals surface area contributed by atoms with Gasteiger partial charge in [0, 0.05) is 36.9 Å². The molecule has 21 heavy (non-hydrogen) atoms. The number of aromatic nitrogens is 2. The van der Waals surface area contributed by atoms with Gasteiger partial charge >= 0.3 is 6.03 Å². The highest BCUT2D eigenvalue weighted by Gasteiger charge is 2.20. The van der Waals surface area contributed by atoms with Gasteiger partial charge in [-0.2, -0.15) is 0 Å². The molecule has 0 aliphatic carbocycles. The van der Waals surface area contributed by atoms with Crippen LogP contribution in [0.3, 0.4) is 0 Å². The second kappa shape index (κ2) is 5.78. The molecule has 2 amide bonds. The van der Waals surface area contributed by atoms with Crippen molar-refractivity contribution in [2.45, 2.75) is 13.0 Å². The first kappa shape index (κ1) is 13.4. The Bertz CT molecular complexity index is 614. The fourth-order valence-corrected chi connectivity index (χ4v) is 2.31. The Morgan fingerprint density at radius 1 is 1.29 bits per heavy atom. The molecular formula is C15H17N5O. The SMILES string of the molecule is CC(Nc1ccc(N2CCNC2=O)cc1)c1cnccn1. The average molecular weight is 283 g/mol. The van der Waals surface area contributed by atoms with Gasteiger partial charge in [-0.1, -0.05) is 0 Å². The van der Waals surface area contributed by atoms with Crippen molar-refractivity contribution in [3.63, 3.8) is 0 Å². The predicted octanol–water partition coefficient (Wildman–Crippen LogP) is 2.18. The number of urea groups is 1. The first-order valence-electron chi connectivity index (χ1n) is 6.92. The van der Waals surface area contributed by atoms with Crippen molar-refractivity contribution in [3.05, 3.63) is 48.5 Å². The van der Waals surface area contributed by atoms with Gasteiger partial charge in [-0.15, -0.1) is 0 Å². The highest BCUT2D eigenvalue weighted by Crippen LogP contribution is 2.22. The number of benzene rings is 1. The van der Waals surface area contributed by atoms with Gasteiger partial charge in [0.1, 0.15) is 0 Å². The molecule has 2 heterocycles. The Morgan fingerprint density at radius 3 is 2.71 bits per heavy atom. The lowest BCUT2D eigenvalue weighted by molar-refractivity contribution is 0.252. The molecule has 1 aliphatic rings. The molecule has 1 aromatic carbocycles. The number of rotatable bonds is 4. The van der Waals surface area contributed by atoms with Crippen molar-refractivity contribution >= 4 is 17.4 Å². The summed E-state index contributed by atoms with van der Waals surface area (Å²) in [4.78, 5) is 21.7. The Balaban J connectivity index is 1.68. The molecule has 0 saturated carbocycles. The summed E-state index contributed by atoms with van der Waals surface area (Å²) in [6.07, 6.45) is 5.09. The summed E-state index contributed by atoms with van der Waals surface area (Å²) in [5.74, 6) is 0. The monoisotopic (exact) mass is 283 g/mol. The molecule has 2 N–H and O–H groups in total. The molecule has 1 fully saturated rings. The number of carbonyl (C=O) groups is 1. The van der Waals surface area contributed by atoms with Crippen LogP contribution in [0.4, 0.5) is 16.2 Å². The van der Waals surface area contributed by atoms with E-state index in [9.17, 15) is 4.79 Å². The van der Waals surface area contributed by atoms with Gasteiger partial charge in [0.2, 0.25) is 0 Å². The van der Waals surface area contributed by atoms with Crippen LogP contribution in [0.1, 0.15) is 18.7 Å².